The molecule has 2 rings (SSSR count). The molecule has 5 nitrogen and oxygen atoms in total. The van der Waals surface area contributed by atoms with Gasteiger partial charge in [0.15, 0.2) is 0 Å². The second-order valence-corrected chi connectivity index (χ2v) is 10.8. The molecule has 2 atom stereocenters. The first-order valence-electron chi connectivity index (χ1n) is 10.4. The Hall–Kier alpha value is -1.90. The number of halogens is 2. The van der Waals surface area contributed by atoms with Crippen molar-refractivity contribution >= 4 is 17.2 Å². The van der Waals surface area contributed by atoms with E-state index in [1.54, 1.807) is 11.3 Å². The van der Waals surface area contributed by atoms with Crippen molar-refractivity contribution in [2.75, 3.05) is 6.54 Å². The molecule has 0 bridgehead atoms. The van der Waals surface area contributed by atoms with Crippen LogP contribution >= 0.6 is 11.3 Å². The average Bonchev–Trinajstić information content (AvgIpc) is 3.05. The molecular formula is C23H33F2N3O2S. The predicted octanol–water partition coefficient (Wildman–Crippen LogP) is 3.94. The Kier molecular flexibility index (Phi) is 8.30. The van der Waals surface area contributed by atoms with E-state index in [9.17, 15) is 18.7 Å². The Bertz CT molecular complexity index is 873. The van der Waals surface area contributed by atoms with Gasteiger partial charge < -0.3 is 15.7 Å². The lowest BCUT2D eigenvalue weighted by atomic mass is 9.93. The minimum Gasteiger partial charge on any atom is -0.390 e. The van der Waals surface area contributed by atoms with Gasteiger partial charge in [0.1, 0.15) is 11.6 Å². The fourth-order valence-electron chi connectivity index (χ4n) is 3.25. The van der Waals surface area contributed by atoms with E-state index in [-0.39, 0.29) is 24.3 Å². The first kappa shape index (κ1) is 25.4. The predicted molar refractivity (Wildman–Crippen MR) is 120 cm³/mol. The number of aliphatic hydroxyl groups excluding tert-OH is 1. The van der Waals surface area contributed by atoms with E-state index in [2.05, 4.69) is 36.4 Å². The van der Waals surface area contributed by atoms with Gasteiger partial charge in [-0.1, -0.05) is 20.8 Å². The molecule has 1 amide bonds. The van der Waals surface area contributed by atoms with E-state index < -0.39 is 29.3 Å². The van der Waals surface area contributed by atoms with Crippen LogP contribution in [0.25, 0.3) is 0 Å². The molecule has 2 aromatic rings. The van der Waals surface area contributed by atoms with E-state index in [1.807, 2.05) is 20.0 Å². The SMILES string of the molecule is CC(=O)N[C@@H](Cc1cc(F)cc(F)c1)[C@H](O)CNC(C)(C)c1cnc(CC(C)(C)C)s1. The summed E-state index contributed by atoms with van der Waals surface area (Å²) in [5.41, 5.74) is 0.0644. The van der Waals surface area contributed by atoms with Crippen molar-refractivity contribution in [1.29, 1.82) is 0 Å². The zero-order valence-electron chi connectivity index (χ0n) is 19.1. The van der Waals surface area contributed by atoms with E-state index in [0.29, 0.717) is 5.56 Å². The highest BCUT2D eigenvalue weighted by molar-refractivity contribution is 7.11. The van der Waals surface area contributed by atoms with Crippen LogP contribution in [0.3, 0.4) is 0 Å². The highest BCUT2D eigenvalue weighted by Gasteiger charge is 2.28. The van der Waals surface area contributed by atoms with Crippen molar-refractivity contribution in [1.82, 2.24) is 15.6 Å². The second kappa shape index (κ2) is 10.1. The van der Waals surface area contributed by atoms with Gasteiger partial charge in [-0.15, -0.1) is 11.3 Å². The normalized spacial score (nSPS) is 14.4. The number of rotatable bonds is 9. The van der Waals surface area contributed by atoms with Crippen LogP contribution < -0.4 is 10.6 Å². The number of hydrogen-bond acceptors (Lipinski definition) is 5. The molecule has 0 unspecified atom stereocenters. The van der Waals surface area contributed by atoms with Crippen molar-refractivity contribution in [3.8, 4) is 0 Å². The zero-order chi connectivity index (χ0) is 23.4. The molecule has 0 fully saturated rings. The van der Waals surface area contributed by atoms with Crippen LogP contribution in [0.1, 0.15) is 57.0 Å². The topological polar surface area (TPSA) is 74.2 Å². The highest BCUT2D eigenvalue weighted by atomic mass is 32.1. The summed E-state index contributed by atoms with van der Waals surface area (Å²) in [5, 5.41) is 17.8. The quantitative estimate of drug-likeness (QED) is 0.538. The molecule has 31 heavy (non-hydrogen) atoms. The molecule has 1 heterocycles. The molecular weight excluding hydrogens is 420 g/mol. The Labute approximate surface area is 187 Å². The summed E-state index contributed by atoms with van der Waals surface area (Å²) >= 11 is 1.63. The molecule has 0 aliphatic carbocycles. The van der Waals surface area contributed by atoms with Gasteiger partial charge in [0, 0.05) is 42.6 Å². The summed E-state index contributed by atoms with van der Waals surface area (Å²) in [7, 11) is 0. The number of amides is 1. The maximum Gasteiger partial charge on any atom is 0.217 e. The van der Waals surface area contributed by atoms with E-state index in [0.717, 1.165) is 22.4 Å². The van der Waals surface area contributed by atoms with Crippen molar-refractivity contribution in [2.45, 2.75) is 72.1 Å². The monoisotopic (exact) mass is 453 g/mol. The minimum atomic E-state index is -0.962. The minimum absolute atomic E-state index is 0.105. The van der Waals surface area contributed by atoms with Gasteiger partial charge in [-0.25, -0.2) is 13.8 Å². The summed E-state index contributed by atoms with van der Waals surface area (Å²) in [5.74, 6) is -1.71. The van der Waals surface area contributed by atoms with Gasteiger partial charge in [-0.05, 0) is 43.4 Å². The number of nitrogens with zero attached hydrogens (tertiary/aromatic N) is 1. The smallest absolute Gasteiger partial charge is 0.217 e. The average molecular weight is 454 g/mol. The summed E-state index contributed by atoms with van der Waals surface area (Å²) in [6.07, 6.45) is 1.88. The van der Waals surface area contributed by atoms with Crippen molar-refractivity contribution in [3.63, 3.8) is 0 Å². The standard InChI is InChI=1S/C23H33F2N3O2S/c1-14(29)28-18(9-15-7-16(24)10-17(25)8-15)19(30)12-27-23(5,6)20-13-26-21(31-20)11-22(2,3)4/h7-8,10,13,18-19,27,30H,9,11-12H2,1-6H3,(H,28,29)/t18-,19+/m0/s1. The van der Waals surface area contributed by atoms with Crippen LogP contribution in [0.5, 0.6) is 0 Å². The van der Waals surface area contributed by atoms with Gasteiger partial charge in [0.25, 0.3) is 0 Å². The number of carbonyl (C=O) groups excluding carboxylic acids is 1. The summed E-state index contributed by atoms with van der Waals surface area (Å²) < 4.78 is 27.1. The maximum absolute atomic E-state index is 13.5. The molecule has 8 heteroatoms. The van der Waals surface area contributed by atoms with Crippen molar-refractivity contribution < 1.29 is 18.7 Å². The number of hydrogen-bond donors (Lipinski definition) is 3. The third-order valence-corrected chi connectivity index (χ3v) is 6.16. The molecule has 0 saturated carbocycles. The van der Waals surface area contributed by atoms with Crippen molar-refractivity contribution in [3.05, 3.63) is 51.5 Å². The van der Waals surface area contributed by atoms with Crippen LogP contribution in [0.15, 0.2) is 24.4 Å². The molecule has 0 spiro atoms. The summed E-state index contributed by atoms with van der Waals surface area (Å²) in [6.45, 7) is 12.0. The van der Waals surface area contributed by atoms with Gasteiger partial charge in [0.05, 0.1) is 17.2 Å². The lowest BCUT2D eigenvalue weighted by Crippen LogP contribution is -2.50. The van der Waals surface area contributed by atoms with Crippen molar-refractivity contribution in [2.24, 2.45) is 5.41 Å². The number of benzene rings is 1. The second-order valence-electron chi connectivity index (χ2n) is 9.72. The molecule has 1 aromatic carbocycles. The van der Waals surface area contributed by atoms with Crippen LogP contribution in [0.2, 0.25) is 0 Å². The molecule has 3 N–H and O–H groups in total. The Morgan fingerprint density at radius 3 is 2.32 bits per heavy atom. The highest BCUT2D eigenvalue weighted by Crippen LogP contribution is 2.30. The van der Waals surface area contributed by atoms with E-state index in [1.165, 1.54) is 19.1 Å². The zero-order valence-corrected chi connectivity index (χ0v) is 19.9. The van der Waals surface area contributed by atoms with Gasteiger partial charge in [-0.3, -0.25) is 4.79 Å². The third-order valence-electron chi connectivity index (χ3n) is 4.84. The number of aromatic nitrogens is 1. The van der Waals surface area contributed by atoms with Gasteiger partial charge in [-0.2, -0.15) is 0 Å². The molecule has 1 aromatic heterocycles. The Morgan fingerprint density at radius 1 is 1.16 bits per heavy atom. The number of thiazole rings is 1. The largest absolute Gasteiger partial charge is 0.390 e. The molecule has 0 radical (unpaired) electrons. The number of aliphatic hydroxyl groups is 1. The fraction of sp³-hybridized carbons (Fsp3) is 0.565. The molecule has 0 saturated heterocycles. The lowest BCUT2D eigenvalue weighted by Gasteiger charge is -2.30. The number of carbonyl (C=O) groups is 1. The lowest BCUT2D eigenvalue weighted by molar-refractivity contribution is -0.120. The first-order chi connectivity index (χ1) is 14.2. The third kappa shape index (κ3) is 8.27. The Balaban J connectivity index is 2.06. The molecule has 0 aliphatic heterocycles. The fourth-order valence-corrected chi connectivity index (χ4v) is 4.55. The Morgan fingerprint density at radius 2 is 1.77 bits per heavy atom. The van der Waals surface area contributed by atoms with Gasteiger partial charge in [0.2, 0.25) is 5.91 Å². The number of nitrogens with one attached hydrogen (secondary N) is 2. The summed E-state index contributed by atoms with van der Waals surface area (Å²) in [4.78, 5) is 17.2. The van der Waals surface area contributed by atoms with Crippen LogP contribution in [-0.4, -0.2) is 34.7 Å². The maximum atomic E-state index is 13.5. The van der Waals surface area contributed by atoms with Crippen LogP contribution in [-0.2, 0) is 23.2 Å². The molecule has 0 aliphatic rings. The van der Waals surface area contributed by atoms with Gasteiger partial charge >= 0.3 is 0 Å². The van der Waals surface area contributed by atoms with E-state index >= 15 is 0 Å². The first-order valence-corrected chi connectivity index (χ1v) is 11.2. The summed E-state index contributed by atoms with van der Waals surface area (Å²) in [6, 6.07) is 2.51. The van der Waals surface area contributed by atoms with Crippen LogP contribution in [0.4, 0.5) is 8.78 Å². The molecule has 172 valence electrons. The van der Waals surface area contributed by atoms with E-state index in [4.69, 9.17) is 0 Å². The van der Waals surface area contributed by atoms with Crippen LogP contribution in [0, 0.1) is 17.0 Å².